The molecule has 21 heavy (non-hydrogen) atoms. The van der Waals surface area contributed by atoms with Gasteiger partial charge >= 0.3 is 0 Å². The fourth-order valence-corrected chi connectivity index (χ4v) is 3.25. The summed E-state index contributed by atoms with van der Waals surface area (Å²) in [4.78, 5) is 14.5. The molecule has 1 aromatic rings. The van der Waals surface area contributed by atoms with Crippen molar-refractivity contribution in [1.82, 2.24) is 9.78 Å². The van der Waals surface area contributed by atoms with E-state index in [9.17, 15) is 4.79 Å². The van der Waals surface area contributed by atoms with Crippen LogP contribution in [0.4, 0.5) is 5.69 Å². The largest absolute Gasteiger partial charge is 0.383 e. The van der Waals surface area contributed by atoms with Crippen LogP contribution in [0.1, 0.15) is 13.3 Å². The first-order chi connectivity index (χ1) is 10.1. The van der Waals surface area contributed by atoms with Gasteiger partial charge in [-0.3, -0.25) is 4.79 Å². The van der Waals surface area contributed by atoms with Crippen LogP contribution in [0.25, 0.3) is 0 Å². The fraction of sp³-hybridized carbons (Fsp3) is 0.714. The Bertz CT molecular complexity index is 534. The number of aromatic nitrogens is 2. The van der Waals surface area contributed by atoms with Gasteiger partial charge in [-0.15, -0.1) is 0 Å². The number of rotatable bonds is 5. The number of piperidine rings is 1. The van der Waals surface area contributed by atoms with Gasteiger partial charge in [0.25, 0.3) is 5.56 Å². The minimum atomic E-state index is -0.118. The lowest BCUT2D eigenvalue weighted by Crippen LogP contribution is -2.43. The summed E-state index contributed by atoms with van der Waals surface area (Å²) in [5, 5.41) is 4.24. The number of halogens is 1. The molecule has 1 fully saturated rings. The van der Waals surface area contributed by atoms with Gasteiger partial charge in [0.05, 0.1) is 25.0 Å². The van der Waals surface area contributed by atoms with Crippen molar-refractivity contribution in [2.24, 2.45) is 17.6 Å². The molecular weight excluding hydrogens is 336 g/mol. The van der Waals surface area contributed by atoms with Crippen LogP contribution in [0.3, 0.4) is 0 Å². The Morgan fingerprint density at radius 2 is 2.33 bits per heavy atom. The number of hydrogen-bond donors (Lipinski definition) is 1. The Balaban J connectivity index is 2.21. The van der Waals surface area contributed by atoms with Gasteiger partial charge in [-0.1, -0.05) is 6.92 Å². The zero-order valence-corrected chi connectivity index (χ0v) is 14.2. The molecule has 6 nitrogen and oxygen atoms in total. The maximum absolute atomic E-state index is 12.3. The third-order valence-corrected chi connectivity index (χ3v) is 4.98. The molecule has 7 heteroatoms. The van der Waals surface area contributed by atoms with E-state index in [0.29, 0.717) is 36.0 Å². The summed E-state index contributed by atoms with van der Waals surface area (Å²) >= 11 is 3.43. The lowest BCUT2D eigenvalue weighted by molar-refractivity contribution is 0.181. The van der Waals surface area contributed by atoms with Crippen molar-refractivity contribution in [2.45, 2.75) is 19.9 Å². The van der Waals surface area contributed by atoms with Crippen LogP contribution in [-0.4, -0.2) is 43.1 Å². The number of hydrogen-bond acceptors (Lipinski definition) is 5. The van der Waals surface area contributed by atoms with Crippen LogP contribution in [0, 0.1) is 11.8 Å². The van der Waals surface area contributed by atoms with E-state index >= 15 is 0 Å². The van der Waals surface area contributed by atoms with E-state index in [1.165, 1.54) is 4.68 Å². The molecule has 0 radical (unpaired) electrons. The number of methoxy groups -OCH3 is 1. The van der Waals surface area contributed by atoms with Crippen molar-refractivity contribution < 1.29 is 4.74 Å². The molecular formula is C14H23BrN4O2. The summed E-state index contributed by atoms with van der Waals surface area (Å²) in [5.41, 5.74) is 6.59. The second-order valence-electron chi connectivity index (χ2n) is 5.57. The summed E-state index contributed by atoms with van der Waals surface area (Å²) in [6, 6.07) is 0. The highest BCUT2D eigenvalue weighted by Gasteiger charge is 2.27. The summed E-state index contributed by atoms with van der Waals surface area (Å²) in [6.45, 7) is 5.64. The van der Waals surface area contributed by atoms with Crippen molar-refractivity contribution in [3.8, 4) is 0 Å². The van der Waals surface area contributed by atoms with Crippen molar-refractivity contribution in [2.75, 3.05) is 38.3 Å². The molecule has 1 saturated heterocycles. The Labute approximate surface area is 133 Å². The second-order valence-corrected chi connectivity index (χ2v) is 6.37. The molecule has 1 aromatic heterocycles. The highest BCUT2D eigenvalue weighted by Crippen LogP contribution is 2.29. The van der Waals surface area contributed by atoms with Crippen LogP contribution in [0.5, 0.6) is 0 Å². The van der Waals surface area contributed by atoms with Gasteiger partial charge in [0.15, 0.2) is 0 Å². The van der Waals surface area contributed by atoms with Gasteiger partial charge < -0.3 is 15.4 Å². The van der Waals surface area contributed by atoms with Gasteiger partial charge in [0.2, 0.25) is 0 Å². The summed E-state index contributed by atoms with van der Waals surface area (Å²) < 4.78 is 6.98. The van der Waals surface area contributed by atoms with Crippen LogP contribution in [-0.2, 0) is 11.3 Å². The average molecular weight is 359 g/mol. The van der Waals surface area contributed by atoms with Crippen LogP contribution in [0.15, 0.2) is 15.5 Å². The molecule has 0 amide bonds. The van der Waals surface area contributed by atoms with E-state index in [1.54, 1.807) is 13.3 Å². The number of ether oxygens (including phenoxy) is 1. The molecule has 0 bridgehead atoms. The first-order valence-corrected chi connectivity index (χ1v) is 8.07. The molecule has 1 aliphatic rings. The minimum absolute atomic E-state index is 0.118. The van der Waals surface area contributed by atoms with Gasteiger partial charge in [-0.25, -0.2) is 4.68 Å². The first-order valence-electron chi connectivity index (χ1n) is 7.28. The third kappa shape index (κ3) is 3.64. The predicted molar refractivity (Wildman–Crippen MR) is 86.6 cm³/mol. The van der Waals surface area contributed by atoms with E-state index in [1.807, 2.05) is 0 Å². The molecule has 2 heterocycles. The van der Waals surface area contributed by atoms with Crippen molar-refractivity contribution in [3.05, 3.63) is 21.0 Å². The maximum atomic E-state index is 12.3. The molecule has 2 N–H and O–H groups in total. The number of anilines is 1. The lowest BCUT2D eigenvalue weighted by Gasteiger charge is -2.38. The standard InChI is InChI=1S/C14H23BrN4O2/c1-10-3-4-18(9-11(10)7-16)12-8-17-19(5-6-21-2)14(20)13(12)15/h8,10-11H,3-7,9,16H2,1-2H3. The van der Waals surface area contributed by atoms with Crippen molar-refractivity contribution >= 4 is 21.6 Å². The SMILES string of the molecule is COCCn1ncc(N2CCC(C)C(CN)C2)c(Br)c1=O. The zero-order valence-electron chi connectivity index (χ0n) is 12.6. The molecule has 0 saturated carbocycles. The van der Waals surface area contributed by atoms with Gasteiger partial charge in [-0.05, 0) is 40.7 Å². The Morgan fingerprint density at radius 3 is 3.00 bits per heavy atom. The smallest absolute Gasteiger partial charge is 0.283 e. The maximum Gasteiger partial charge on any atom is 0.283 e. The van der Waals surface area contributed by atoms with E-state index in [4.69, 9.17) is 10.5 Å². The topological polar surface area (TPSA) is 73.4 Å². The average Bonchev–Trinajstić information content (AvgIpc) is 2.49. The summed E-state index contributed by atoms with van der Waals surface area (Å²) in [5.74, 6) is 1.08. The van der Waals surface area contributed by atoms with Crippen LogP contribution < -0.4 is 16.2 Å². The Morgan fingerprint density at radius 1 is 1.57 bits per heavy atom. The molecule has 1 aliphatic heterocycles. The molecule has 118 valence electrons. The highest BCUT2D eigenvalue weighted by molar-refractivity contribution is 9.10. The third-order valence-electron chi connectivity index (χ3n) is 4.23. The van der Waals surface area contributed by atoms with Crippen LogP contribution in [0.2, 0.25) is 0 Å². The van der Waals surface area contributed by atoms with E-state index in [2.05, 4.69) is 32.9 Å². The molecule has 2 rings (SSSR count). The van der Waals surface area contributed by atoms with Crippen molar-refractivity contribution in [1.29, 1.82) is 0 Å². The van der Waals surface area contributed by atoms with Gasteiger partial charge in [-0.2, -0.15) is 5.10 Å². The monoisotopic (exact) mass is 358 g/mol. The molecule has 2 unspecified atom stereocenters. The first kappa shape index (κ1) is 16.5. The van der Waals surface area contributed by atoms with Crippen molar-refractivity contribution in [3.63, 3.8) is 0 Å². The minimum Gasteiger partial charge on any atom is -0.383 e. The van der Waals surface area contributed by atoms with Gasteiger partial charge in [0.1, 0.15) is 4.47 Å². The van der Waals surface area contributed by atoms with E-state index in [0.717, 1.165) is 25.2 Å². The summed E-state index contributed by atoms with van der Waals surface area (Å²) in [6.07, 6.45) is 2.84. The van der Waals surface area contributed by atoms with E-state index in [-0.39, 0.29) is 5.56 Å². The quantitative estimate of drug-likeness (QED) is 0.852. The van der Waals surface area contributed by atoms with Gasteiger partial charge in [0, 0.05) is 20.2 Å². The Hall–Kier alpha value is -0.920. The highest BCUT2D eigenvalue weighted by atomic mass is 79.9. The van der Waals surface area contributed by atoms with E-state index < -0.39 is 0 Å². The second kappa shape index (κ2) is 7.38. The zero-order chi connectivity index (χ0) is 15.4. The summed E-state index contributed by atoms with van der Waals surface area (Å²) in [7, 11) is 1.61. The predicted octanol–water partition coefficient (Wildman–Crippen LogP) is 1.07. The number of nitrogens with zero attached hydrogens (tertiary/aromatic N) is 3. The molecule has 0 spiro atoms. The lowest BCUT2D eigenvalue weighted by atomic mass is 9.87. The Kier molecular flexibility index (Phi) is 5.78. The molecule has 2 atom stereocenters. The molecule has 0 aliphatic carbocycles. The normalized spacial score (nSPS) is 22.6. The van der Waals surface area contributed by atoms with Crippen LogP contribution >= 0.6 is 15.9 Å². The molecule has 0 aromatic carbocycles. The number of nitrogens with two attached hydrogens (primary N) is 1. The fourth-order valence-electron chi connectivity index (χ4n) is 2.69.